The summed E-state index contributed by atoms with van der Waals surface area (Å²) < 4.78 is 1.30. The molecule has 0 saturated carbocycles. The number of amides is 1. The van der Waals surface area contributed by atoms with Gasteiger partial charge in [-0.3, -0.25) is 9.59 Å². The van der Waals surface area contributed by atoms with Gasteiger partial charge in [0, 0.05) is 12.6 Å². The molecular weight excluding hydrogens is 314 g/mol. The minimum absolute atomic E-state index is 0.225. The number of nitrogens with one attached hydrogen (secondary N) is 1. The molecule has 126 valence electrons. The molecule has 3 rings (SSSR count). The summed E-state index contributed by atoms with van der Waals surface area (Å²) in [5.74, 6) is -0.302. The molecule has 3 aromatic rings. The zero-order valence-electron chi connectivity index (χ0n) is 14.0. The molecule has 0 saturated heterocycles. The Bertz CT molecular complexity index is 933. The maximum atomic E-state index is 12.3. The summed E-state index contributed by atoms with van der Waals surface area (Å²) in [6, 6.07) is 20.3. The van der Waals surface area contributed by atoms with Gasteiger partial charge in [0.15, 0.2) is 0 Å². The van der Waals surface area contributed by atoms with Crippen molar-refractivity contribution >= 4 is 5.91 Å². The molecule has 5 nitrogen and oxygen atoms in total. The molecule has 0 bridgehead atoms. The number of nitrogens with zero attached hydrogens (tertiary/aromatic N) is 2. The highest BCUT2D eigenvalue weighted by molar-refractivity contribution is 5.91. The molecule has 0 fully saturated rings. The SMILES string of the molecule is Cc1cccc(CNC(=O)c2ccc(=O)n(Cc3ccccc3)n2)c1. The van der Waals surface area contributed by atoms with Crippen LogP contribution in [-0.2, 0) is 13.1 Å². The van der Waals surface area contributed by atoms with E-state index in [9.17, 15) is 9.59 Å². The molecule has 0 unspecified atom stereocenters. The summed E-state index contributed by atoms with van der Waals surface area (Å²) >= 11 is 0. The highest BCUT2D eigenvalue weighted by atomic mass is 16.2. The summed E-state index contributed by atoms with van der Waals surface area (Å²) in [6.45, 7) is 2.75. The number of rotatable bonds is 5. The Morgan fingerprint density at radius 3 is 2.52 bits per heavy atom. The fraction of sp³-hybridized carbons (Fsp3) is 0.150. The minimum atomic E-state index is -0.302. The van der Waals surface area contributed by atoms with E-state index >= 15 is 0 Å². The summed E-state index contributed by atoms with van der Waals surface area (Å²) in [5, 5.41) is 7.03. The number of carbonyl (C=O) groups is 1. The smallest absolute Gasteiger partial charge is 0.271 e. The highest BCUT2D eigenvalue weighted by Gasteiger charge is 2.10. The van der Waals surface area contributed by atoms with E-state index in [1.807, 2.05) is 61.5 Å². The van der Waals surface area contributed by atoms with Crippen molar-refractivity contribution in [2.45, 2.75) is 20.0 Å². The number of aromatic nitrogens is 2. The largest absolute Gasteiger partial charge is 0.347 e. The number of hydrogen-bond acceptors (Lipinski definition) is 3. The summed E-state index contributed by atoms with van der Waals surface area (Å²) in [5.41, 5.74) is 3.10. The van der Waals surface area contributed by atoms with Crippen LogP contribution in [0.3, 0.4) is 0 Å². The first-order valence-corrected chi connectivity index (χ1v) is 8.08. The molecule has 1 heterocycles. The molecule has 25 heavy (non-hydrogen) atoms. The Kier molecular flexibility index (Phi) is 5.04. The molecule has 1 amide bonds. The van der Waals surface area contributed by atoms with Gasteiger partial charge >= 0.3 is 0 Å². The van der Waals surface area contributed by atoms with E-state index in [-0.39, 0.29) is 17.2 Å². The van der Waals surface area contributed by atoms with E-state index in [1.165, 1.54) is 16.8 Å². The van der Waals surface area contributed by atoms with E-state index in [1.54, 1.807) is 0 Å². The molecule has 0 radical (unpaired) electrons. The molecule has 5 heteroatoms. The van der Waals surface area contributed by atoms with Gasteiger partial charge in [0.2, 0.25) is 0 Å². The maximum absolute atomic E-state index is 12.3. The van der Waals surface area contributed by atoms with Gasteiger partial charge in [-0.1, -0.05) is 60.2 Å². The van der Waals surface area contributed by atoms with Crippen LogP contribution < -0.4 is 10.9 Å². The van der Waals surface area contributed by atoms with Gasteiger partial charge in [0.1, 0.15) is 5.69 Å². The monoisotopic (exact) mass is 333 g/mol. The first-order valence-electron chi connectivity index (χ1n) is 8.08. The van der Waals surface area contributed by atoms with Crippen molar-refractivity contribution in [2.75, 3.05) is 0 Å². The highest BCUT2D eigenvalue weighted by Crippen LogP contribution is 2.04. The third-order valence-corrected chi connectivity index (χ3v) is 3.81. The van der Waals surface area contributed by atoms with Gasteiger partial charge < -0.3 is 5.32 Å². The molecule has 0 aliphatic heterocycles. The normalized spacial score (nSPS) is 10.4. The third kappa shape index (κ3) is 4.41. The lowest BCUT2D eigenvalue weighted by Gasteiger charge is -2.08. The quantitative estimate of drug-likeness (QED) is 0.780. The summed E-state index contributed by atoms with van der Waals surface area (Å²) in [6.07, 6.45) is 0. The van der Waals surface area contributed by atoms with E-state index < -0.39 is 0 Å². The third-order valence-electron chi connectivity index (χ3n) is 3.81. The van der Waals surface area contributed by atoms with Crippen LogP contribution in [0.5, 0.6) is 0 Å². The lowest BCUT2D eigenvalue weighted by Crippen LogP contribution is -2.29. The molecule has 1 aromatic heterocycles. The molecular formula is C20H19N3O2. The van der Waals surface area contributed by atoms with Gasteiger partial charge in [-0.25, -0.2) is 4.68 Å². The van der Waals surface area contributed by atoms with Crippen LogP contribution in [0.25, 0.3) is 0 Å². The van der Waals surface area contributed by atoms with E-state index in [0.29, 0.717) is 13.1 Å². The van der Waals surface area contributed by atoms with Crippen LogP contribution in [0.1, 0.15) is 27.2 Å². The standard InChI is InChI=1S/C20H19N3O2/c1-15-6-5-9-17(12-15)13-21-20(25)18-10-11-19(24)23(22-18)14-16-7-3-2-4-8-16/h2-12H,13-14H2,1H3,(H,21,25). The zero-order chi connectivity index (χ0) is 17.6. The van der Waals surface area contributed by atoms with Crippen molar-refractivity contribution in [1.82, 2.24) is 15.1 Å². The van der Waals surface area contributed by atoms with Crippen LogP contribution in [-0.4, -0.2) is 15.7 Å². The molecule has 0 aliphatic rings. The Labute approximate surface area is 145 Å². The van der Waals surface area contributed by atoms with Crippen LogP contribution in [0, 0.1) is 6.92 Å². The molecule has 0 spiro atoms. The lowest BCUT2D eigenvalue weighted by atomic mass is 10.1. The minimum Gasteiger partial charge on any atom is -0.347 e. The zero-order valence-corrected chi connectivity index (χ0v) is 14.0. The second-order valence-electron chi connectivity index (χ2n) is 5.87. The summed E-state index contributed by atoms with van der Waals surface area (Å²) in [7, 11) is 0. The van der Waals surface area contributed by atoms with E-state index in [2.05, 4.69) is 10.4 Å². The van der Waals surface area contributed by atoms with Crippen molar-refractivity contribution in [2.24, 2.45) is 0 Å². The first-order chi connectivity index (χ1) is 12.1. The number of benzene rings is 2. The van der Waals surface area contributed by atoms with Gasteiger partial charge in [0.25, 0.3) is 11.5 Å². The van der Waals surface area contributed by atoms with E-state index in [0.717, 1.165) is 16.7 Å². The Balaban J connectivity index is 1.72. The number of hydrogen-bond donors (Lipinski definition) is 1. The average molecular weight is 333 g/mol. The van der Waals surface area contributed by atoms with Crippen LogP contribution in [0.15, 0.2) is 71.5 Å². The van der Waals surface area contributed by atoms with Gasteiger partial charge in [-0.05, 0) is 24.1 Å². The maximum Gasteiger partial charge on any atom is 0.271 e. The molecule has 0 aliphatic carbocycles. The van der Waals surface area contributed by atoms with Crippen LogP contribution in [0.4, 0.5) is 0 Å². The van der Waals surface area contributed by atoms with Gasteiger partial charge in [-0.2, -0.15) is 5.10 Å². The predicted octanol–water partition coefficient (Wildman–Crippen LogP) is 2.53. The average Bonchev–Trinajstić information content (AvgIpc) is 2.62. The Morgan fingerprint density at radius 2 is 1.76 bits per heavy atom. The van der Waals surface area contributed by atoms with E-state index in [4.69, 9.17) is 0 Å². The summed E-state index contributed by atoms with van der Waals surface area (Å²) in [4.78, 5) is 24.3. The fourth-order valence-corrected chi connectivity index (χ4v) is 2.53. The predicted molar refractivity (Wildman–Crippen MR) is 96.4 cm³/mol. The van der Waals surface area contributed by atoms with Gasteiger partial charge in [0.05, 0.1) is 6.54 Å². The molecule has 1 N–H and O–H groups in total. The van der Waals surface area contributed by atoms with Crippen LogP contribution >= 0.6 is 0 Å². The van der Waals surface area contributed by atoms with Crippen molar-refractivity contribution in [3.05, 3.63) is 99.5 Å². The number of aryl methyl sites for hydroxylation is 1. The Morgan fingerprint density at radius 1 is 1.00 bits per heavy atom. The van der Waals surface area contributed by atoms with Gasteiger partial charge in [-0.15, -0.1) is 0 Å². The topological polar surface area (TPSA) is 64.0 Å². The van der Waals surface area contributed by atoms with Crippen molar-refractivity contribution in [3.63, 3.8) is 0 Å². The number of carbonyl (C=O) groups excluding carboxylic acids is 1. The van der Waals surface area contributed by atoms with Crippen molar-refractivity contribution in [1.29, 1.82) is 0 Å². The second-order valence-corrected chi connectivity index (χ2v) is 5.87. The van der Waals surface area contributed by atoms with Crippen molar-refractivity contribution < 1.29 is 4.79 Å². The molecule has 0 atom stereocenters. The van der Waals surface area contributed by atoms with Crippen molar-refractivity contribution in [3.8, 4) is 0 Å². The van der Waals surface area contributed by atoms with Crippen LogP contribution in [0.2, 0.25) is 0 Å². The fourth-order valence-electron chi connectivity index (χ4n) is 2.53. The molecule has 2 aromatic carbocycles. The lowest BCUT2D eigenvalue weighted by molar-refractivity contribution is 0.0943. The first kappa shape index (κ1) is 16.6. The second kappa shape index (κ2) is 7.57. The Hall–Kier alpha value is -3.21.